The molecule has 0 aromatic heterocycles. The number of nitrogens with zero attached hydrogens (tertiary/aromatic N) is 1. The summed E-state index contributed by atoms with van der Waals surface area (Å²) in [6, 6.07) is 10.0. The first kappa shape index (κ1) is 15.9. The number of unbranched alkanes of at least 4 members (excludes halogenated alkanes) is 1. The van der Waals surface area contributed by atoms with Crippen molar-refractivity contribution in [3.05, 3.63) is 35.9 Å². The number of ketones is 1. The molecule has 0 aliphatic rings. The molecule has 0 amide bonds. The topological polar surface area (TPSA) is 20.3 Å². The van der Waals surface area contributed by atoms with Crippen molar-refractivity contribution in [1.29, 1.82) is 0 Å². The highest BCUT2D eigenvalue weighted by Crippen LogP contribution is 2.15. The largest absolute Gasteiger partial charge is 0.292 e. The van der Waals surface area contributed by atoms with Crippen molar-refractivity contribution >= 4 is 5.78 Å². The summed E-state index contributed by atoms with van der Waals surface area (Å²) >= 11 is 0. The average molecular weight is 261 g/mol. The molecule has 106 valence electrons. The molecule has 1 aromatic rings. The molecule has 1 rings (SSSR count). The summed E-state index contributed by atoms with van der Waals surface area (Å²) in [4.78, 5) is 14.9. The lowest BCUT2D eigenvalue weighted by Crippen LogP contribution is -2.44. The molecule has 0 spiro atoms. The molecular weight excluding hydrogens is 234 g/mol. The lowest BCUT2D eigenvalue weighted by molar-refractivity contribution is 0.0766. The molecule has 2 heteroatoms. The summed E-state index contributed by atoms with van der Waals surface area (Å²) in [5.74, 6) is 0.233. The van der Waals surface area contributed by atoms with Crippen LogP contribution in [0.2, 0.25) is 0 Å². The van der Waals surface area contributed by atoms with Crippen molar-refractivity contribution in [2.24, 2.45) is 0 Å². The van der Waals surface area contributed by atoms with Crippen LogP contribution in [-0.4, -0.2) is 29.3 Å². The van der Waals surface area contributed by atoms with Gasteiger partial charge in [-0.3, -0.25) is 9.69 Å². The monoisotopic (exact) mass is 261 g/mol. The Kier molecular flexibility index (Phi) is 6.79. The Hall–Kier alpha value is -1.15. The van der Waals surface area contributed by atoms with E-state index >= 15 is 0 Å². The first-order valence-corrected chi connectivity index (χ1v) is 7.46. The Morgan fingerprint density at radius 3 is 2.32 bits per heavy atom. The third-order valence-corrected chi connectivity index (χ3v) is 3.86. The van der Waals surface area contributed by atoms with Crippen molar-refractivity contribution in [2.45, 2.75) is 59.0 Å². The zero-order chi connectivity index (χ0) is 14.3. The average Bonchev–Trinajstić information content (AvgIpc) is 2.47. The number of Topliss-reactive ketones (excluding diaryl/α,β-unsaturated/α-hetero) is 1. The van der Waals surface area contributed by atoms with E-state index in [0.717, 1.165) is 24.9 Å². The molecule has 2 atom stereocenters. The first-order valence-electron chi connectivity index (χ1n) is 7.46. The second-order valence-corrected chi connectivity index (χ2v) is 5.25. The minimum atomic E-state index is -0.0381. The van der Waals surface area contributed by atoms with Gasteiger partial charge in [-0.05, 0) is 33.2 Å². The summed E-state index contributed by atoms with van der Waals surface area (Å²) in [7, 11) is 0. The maximum absolute atomic E-state index is 12.5. The van der Waals surface area contributed by atoms with Crippen molar-refractivity contribution < 1.29 is 4.79 Å². The van der Waals surface area contributed by atoms with Gasteiger partial charge in [-0.1, -0.05) is 50.6 Å². The van der Waals surface area contributed by atoms with Crippen LogP contribution in [0, 0.1) is 0 Å². The molecule has 19 heavy (non-hydrogen) atoms. The van der Waals surface area contributed by atoms with Crippen LogP contribution >= 0.6 is 0 Å². The van der Waals surface area contributed by atoms with E-state index in [2.05, 4.69) is 25.7 Å². The number of hydrogen-bond donors (Lipinski definition) is 0. The predicted molar refractivity (Wildman–Crippen MR) is 81.6 cm³/mol. The second kappa shape index (κ2) is 8.11. The van der Waals surface area contributed by atoms with E-state index in [4.69, 9.17) is 0 Å². The normalized spacial score (nSPS) is 14.4. The molecule has 0 aliphatic heterocycles. The Morgan fingerprint density at radius 2 is 1.79 bits per heavy atom. The standard InChI is InChI=1S/C17H27NO/c1-5-7-13-18(14(3)6-2)15(4)17(19)16-11-9-8-10-12-16/h8-12,14-15H,5-7,13H2,1-4H3. The van der Waals surface area contributed by atoms with Gasteiger partial charge in [-0.2, -0.15) is 0 Å². The fraction of sp³-hybridized carbons (Fsp3) is 0.588. The fourth-order valence-corrected chi connectivity index (χ4v) is 2.37. The van der Waals surface area contributed by atoms with Gasteiger partial charge >= 0.3 is 0 Å². The molecule has 0 heterocycles. The van der Waals surface area contributed by atoms with Crippen LogP contribution in [0.4, 0.5) is 0 Å². The van der Waals surface area contributed by atoms with Gasteiger partial charge in [0, 0.05) is 11.6 Å². The molecule has 0 fully saturated rings. The van der Waals surface area contributed by atoms with Crippen LogP contribution < -0.4 is 0 Å². The quantitative estimate of drug-likeness (QED) is 0.655. The van der Waals surface area contributed by atoms with Crippen molar-refractivity contribution in [3.63, 3.8) is 0 Å². The van der Waals surface area contributed by atoms with E-state index in [9.17, 15) is 4.79 Å². The summed E-state index contributed by atoms with van der Waals surface area (Å²) in [6.07, 6.45) is 3.39. The van der Waals surface area contributed by atoms with Gasteiger partial charge in [-0.25, -0.2) is 0 Å². The van der Waals surface area contributed by atoms with Crippen LogP contribution in [0.1, 0.15) is 57.3 Å². The molecular formula is C17H27NO. The Balaban J connectivity index is 2.80. The lowest BCUT2D eigenvalue weighted by Gasteiger charge is -2.33. The van der Waals surface area contributed by atoms with E-state index in [1.165, 1.54) is 6.42 Å². The maximum Gasteiger partial charge on any atom is 0.179 e. The van der Waals surface area contributed by atoms with E-state index < -0.39 is 0 Å². The minimum absolute atomic E-state index is 0.0381. The van der Waals surface area contributed by atoms with Crippen LogP contribution in [0.15, 0.2) is 30.3 Å². The van der Waals surface area contributed by atoms with Crippen LogP contribution in [0.5, 0.6) is 0 Å². The highest BCUT2D eigenvalue weighted by Gasteiger charge is 2.24. The number of benzene rings is 1. The summed E-state index contributed by atoms with van der Waals surface area (Å²) in [5.41, 5.74) is 0.819. The van der Waals surface area contributed by atoms with E-state index in [1.807, 2.05) is 37.3 Å². The molecule has 2 unspecified atom stereocenters. The number of carbonyl (C=O) groups is 1. The smallest absolute Gasteiger partial charge is 0.179 e. The van der Waals surface area contributed by atoms with Gasteiger partial charge in [0.2, 0.25) is 0 Å². The van der Waals surface area contributed by atoms with Gasteiger partial charge in [0.25, 0.3) is 0 Å². The highest BCUT2D eigenvalue weighted by atomic mass is 16.1. The molecule has 0 radical (unpaired) electrons. The first-order chi connectivity index (χ1) is 9.11. The molecule has 0 aliphatic carbocycles. The molecule has 0 saturated heterocycles. The molecule has 0 bridgehead atoms. The van der Waals surface area contributed by atoms with Crippen LogP contribution in [-0.2, 0) is 0 Å². The SMILES string of the molecule is CCCCN(C(C)CC)C(C)C(=O)c1ccccc1. The number of hydrogen-bond acceptors (Lipinski definition) is 2. The third-order valence-electron chi connectivity index (χ3n) is 3.86. The second-order valence-electron chi connectivity index (χ2n) is 5.25. The van der Waals surface area contributed by atoms with E-state index in [0.29, 0.717) is 6.04 Å². The fourth-order valence-electron chi connectivity index (χ4n) is 2.37. The zero-order valence-electron chi connectivity index (χ0n) is 12.7. The van der Waals surface area contributed by atoms with Gasteiger partial charge in [0.05, 0.1) is 6.04 Å². The van der Waals surface area contributed by atoms with Crippen molar-refractivity contribution in [3.8, 4) is 0 Å². The van der Waals surface area contributed by atoms with Crippen molar-refractivity contribution in [2.75, 3.05) is 6.54 Å². The Morgan fingerprint density at radius 1 is 1.16 bits per heavy atom. The molecule has 0 N–H and O–H groups in total. The zero-order valence-corrected chi connectivity index (χ0v) is 12.7. The lowest BCUT2D eigenvalue weighted by atomic mass is 10.0. The maximum atomic E-state index is 12.5. The Labute approximate surface area is 117 Å². The van der Waals surface area contributed by atoms with E-state index in [1.54, 1.807) is 0 Å². The number of carbonyl (C=O) groups excluding carboxylic acids is 1. The summed E-state index contributed by atoms with van der Waals surface area (Å²) in [6.45, 7) is 9.63. The van der Waals surface area contributed by atoms with Gasteiger partial charge in [-0.15, -0.1) is 0 Å². The molecule has 1 aromatic carbocycles. The summed E-state index contributed by atoms with van der Waals surface area (Å²) in [5, 5.41) is 0. The minimum Gasteiger partial charge on any atom is -0.292 e. The van der Waals surface area contributed by atoms with Gasteiger partial charge in [0.15, 0.2) is 5.78 Å². The van der Waals surface area contributed by atoms with Gasteiger partial charge in [0.1, 0.15) is 0 Å². The molecule has 2 nitrogen and oxygen atoms in total. The third kappa shape index (κ3) is 4.46. The molecule has 0 saturated carbocycles. The summed E-state index contributed by atoms with van der Waals surface area (Å²) < 4.78 is 0. The van der Waals surface area contributed by atoms with Gasteiger partial charge < -0.3 is 0 Å². The van der Waals surface area contributed by atoms with E-state index in [-0.39, 0.29) is 11.8 Å². The Bertz CT molecular complexity index is 374. The van der Waals surface area contributed by atoms with Crippen LogP contribution in [0.3, 0.4) is 0 Å². The van der Waals surface area contributed by atoms with Crippen LogP contribution in [0.25, 0.3) is 0 Å². The predicted octanol–water partition coefficient (Wildman–Crippen LogP) is 4.16. The van der Waals surface area contributed by atoms with Crippen molar-refractivity contribution in [1.82, 2.24) is 4.90 Å². The highest BCUT2D eigenvalue weighted by molar-refractivity contribution is 5.99. The number of rotatable bonds is 8.